The third kappa shape index (κ3) is 4.37. The van der Waals surface area contributed by atoms with Crippen molar-refractivity contribution in [1.82, 2.24) is 10.2 Å². The van der Waals surface area contributed by atoms with Gasteiger partial charge in [-0.05, 0) is 31.8 Å². The van der Waals surface area contributed by atoms with Crippen molar-refractivity contribution in [2.24, 2.45) is 4.99 Å². The number of piperidine rings is 1. The van der Waals surface area contributed by atoms with Crippen molar-refractivity contribution >= 4 is 23.6 Å². The molecule has 126 valence electrons. The number of nitrogens with zero attached hydrogens (tertiary/aromatic N) is 2. The van der Waals surface area contributed by atoms with Crippen molar-refractivity contribution in [2.45, 2.75) is 52.5 Å². The van der Waals surface area contributed by atoms with Crippen LogP contribution in [0.1, 0.15) is 46.5 Å². The first kappa shape index (κ1) is 18.8. The zero-order chi connectivity index (χ0) is 17.6. The zero-order valence-electron chi connectivity index (χ0n) is 14.3. The van der Waals surface area contributed by atoms with Gasteiger partial charge in [0, 0.05) is 19.0 Å². The Kier molecular flexibility index (Phi) is 6.88. The third-order valence-electron chi connectivity index (χ3n) is 3.89. The molecule has 0 bridgehead atoms. The van der Waals surface area contributed by atoms with Crippen LogP contribution in [0.4, 0.5) is 0 Å². The quantitative estimate of drug-likeness (QED) is 0.277. The van der Waals surface area contributed by atoms with E-state index in [1.807, 2.05) is 19.9 Å². The van der Waals surface area contributed by atoms with Crippen molar-refractivity contribution in [3.63, 3.8) is 0 Å². The number of hydrogen-bond acceptors (Lipinski definition) is 4. The van der Waals surface area contributed by atoms with Crippen molar-refractivity contribution in [1.29, 1.82) is 0 Å². The number of carbonyl (C=O) groups is 3. The molecular weight excluding hydrogens is 294 g/mol. The molecular formula is C17H25N3O3. The van der Waals surface area contributed by atoms with Crippen molar-refractivity contribution in [2.75, 3.05) is 7.05 Å². The Morgan fingerprint density at radius 1 is 1.43 bits per heavy atom. The van der Waals surface area contributed by atoms with Crippen LogP contribution < -0.4 is 5.32 Å². The van der Waals surface area contributed by atoms with Crippen LogP contribution >= 0.6 is 0 Å². The minimum Gasteiger partial charge on any atom is -0.295 e. The normalized spacial score (nSPS) is 19.4. The summed E-state index contributed by atoms with van der Waals surface area (Å²) in [4.78, 5) is 41.7. The summed E-state index contributed by atoms with van der Waals surface area (Å²) >= 11 is 0. The molecule has 1 saturated heterocycles. The molecule has 0 aromatic heterocycles. The first-order valence-electron chi connectivity index (χ1n) is 7.86. The molecule has 6 heteroatoms. The summed E-state index contributed by atoms with van der Waals surface area (Å²) in [5.41, 5.74) is 1.22. The summed E-state index contributed by atoms with van der Waals surface area (Å²) < 4.78 is 0. The van der Waals surface area contributed by atoms with Crippen LogP contribution in [-0.4, -0.2) is 41.5 Å². The highest BCUT2D eigenvalue weighted by atomic mass is 16.2. The van der Waals surface area contributed by atoms with Gasteiger partial charge in [-0.15, -0.1) is 0 Å². The smallest absolute Gasteiger partial charge is 0.259 e. The highest BCUT2D eigenvalue weighted by molar-refractivity contribution is 6.12. The summed E-state index contributed by atoms with van der Waals surface area (Å²) in [5, 5.41) is 2.28. The largest absolute Gasteiger partial charge is 0.295 e. The van der Waals surface area contributed by atoms with Crippen LogP contribution in [0.15, 0.2) is 28.8 Å². The Hall–Kier alpha value is -2.24. The van der Waals surface area contributed by atoms with Gasteiger partial charge >= 0.3 is 0 Å². The van der Waals surface area contributed by atoms with Gasteiger partial charge in [0.25, 0.3) is 5.91 Å². The predicted octanol–water partition coefficient (Wildman–Crippen LogP) is 1.97. The lowest BCUT2D eigenvalue weighted by molar-refractivity contribution is -0.140. The molecule has 1 fully saturated rings. The van der Waals surface area contributed by atoms with E-state index in [9.17, 15) is 14.4 Å². The lowest BCUT2D eigenvalue weighted by atomic mass is 9.99. The first-order valence-corrected chi connectivity index (χ1v) is 7.86. The van der Waals surface area contributed by atoms with Crippen molar-refractivity contribution in [3.8, 4) is 0 Å². The highest BCUT2D eigenvalue weighted by Gasteiger charge is 2.36. The van der Waals surface area contributed by atoms with E-state index in [4.69, 9.17) is 0 Å². The van der Waals surface area contributed by atoms with Gasteiger partial charge < -0.3 is 0 Å². The van der Waals surface area contributed by atoms with Gasteiger partial charge in [-0.25, -0.2) is 0 Å². The second kappa shape index (κ2) is 8.41. The number of carbonyl (C=O) groups excluding carboxylic acids is 3. The maximum Gasteiger partial charge on any atom is 0.259 e. The van der Waals surface area contributed by atoms with Crippen molar-refractivity contribution < 1.29 is 14.4 Å². The van der Waals surface area contributed by atoms with Crippen LogP contribution in [0.3, 0.4) is 0 Å². The lowest BCUT2D eigenvalue weighted by Crippen LogP contribution is -2.56. The molecule has 0 saturated carbocycles. The summed E-state index contributed by atoms with van der Waals surface area (Å²) in [6, 6.07) is -0.736. The standard InChI is InChI=1S/C17H25N3O3/c1-6-8-13(7-2)11(3)17(23)20(12(4)18-5)14-9-10-15(21)19-16(14)22/h8,14H,3,6-7,9-10H2,1-2,4-5H3,(H,19,21,22)/b13-8-,18-12?. The van der Waals surface area contributed by atoms with Gasteiger partial charge in [-0.2, -0.15) is 0 Å². The number of nitrogens with one attached hydrogen (secondary N) is 1. The average molecular weight is 319 g/mol. The molecule has 3 amide bonds. The molecule has 0 radical (unpaired) electrons. The Labute approximate surface area is 137 Å². The number of aliphatic imine (C=N–C) groups is 1. The number of hydrogen-bond donors (Lipinski definition) is 1. The van der Waals surface area contributed by atoms with Crippen LogP contribution in [0.25, 0.3) is 0 Å². The van der Waals surface area contributed by atoms with E-state index in [1.165, 1.54) is 4.90 Å². The summed E-state index contributed by atoms with van der Waals surface area (Å²) in [6.45, 7) is 9.52. The highest BCUT2D eigenvalue weighted by Crippen LogP contribution is 2.21. The van der Waals surface area contributed by atoms with Crippen molar-refractivity contribution in [3.05, 3.63) is 23.8 Å². The second-order valence-corrected chi connectivity index (χ2v) is 5.38. The fourth-order valence-corrected chi connectivity index (χ4v) is 2.56. The fraction of sp³-hybridized carbons (Fsp3) is 0.529. The Balaban J connectivity index is 3.14. The van der Waals surface area contributed by atoms with E-state index in [-0.39, 0.29) is 24.7 Å². The SMILES string of the molecule is C=C(C(=O)N(C(C)=NC)C1CCC(=O)NC1=O)/C(=C\CC)CC. The molecule has 0 aromatic rings. The number of amidine groups is 1. The molecule has 0 aromatic carbocycles. The molecule has 1 atom stereocenters. The zero-order valence-corrected chi connectivity index (χ0v) is 14.3. The minimum absolute atomic E-state index is 0.203. The van der Waals surface area contributed by atoms with E-state index in [0.717, 1.165) is 12.0 Å². The molecule has 0 spiro atoms. The number of allylic oxidation sites excluding steroid dienone is 1. The lowest BCUT2D eigenvalue weighted by Gasteiger charge is -2.33. The van der Waals surface area contributed by atoms with Gasteiger partial charge in [0.2, 0.25) is 11.8 Å². The summed E-state index contributed by atoms with van der Waals surface area (Å²) in [6.07, 6.45) is 3.94. The molecule has 1 unspecified atom stereocenters. The summed E-state index contributed by atoms with van der Waals surface area (Å²) in [7, 11) is 1.56. The van der Waals surface area contributed by atoms with Crippen LogP contribution in [-0.2, 0) is 14.4 Å². The second-order valence-electron chi connectivity index (χ2n) is 5.38. The third-order valence-corrected chi connectivity index (χ3v) is 3.89. The average Bonchev–Trinajstić information content (AvgIpc) is 2.53. The minimum atomic E-state index is -0.736. The molecule has 1 N–H and O–H groups in total. The van der Waals surface area contributed by atoms with Gasteiger partial charge in [-0.1, -0.05) is 26.5 Å². The van der Waals surface area contributed by atoms with E-state index in [2.05, 4.69) is 16.9 Å². The predicted molar refractivity (Wildman–Crippen MR) is 89.9 cm³/mol. The van der Waals surface area contributed by atoms with Gasteiger partial charge in [0.05, 0.1) is 0 Å². The van der Waals surface area contributed by atoms with Crippen LogP contribution in [0.5, 0.6) is 0 Å². The maximum atomic E-state index is 12.9. The molecule has 1 aliphatic rings. The van der Waals surface area contributed by atoms with Crippen LogP contribution in [0, 0.1) is 0 Å². The molecule has 1 rings (SSSR count). The van der Waals surface area contributed by atoms with E-state index < -0.39 is 11.9 Å². The number of amides is 3. The molecule has 6 nitrogen and oxygen atoms in total. The molecule has 1 heterocycles. The topological polar surface area (TPSA) is 78.8 Å². The van der Waals surface area contributed by atoms with E-state index in [1.54, 1.807) is 14.0 Å². The first-order chi connectivity index (χ1) is 10.9. The Morgan fingerprint density at radius 3 is 2.57 bits per heavy atom. The maximum absolute atomic E-state index is 12.9. The van der Waals surface area contributed by atoms with Gasteiger partial charge in [0.1, 0.15) is 11.9 Å². The monoisotopic (exact) mass is 319 g/mol. The van der Waals surface area contributed by atoms with Crippen LogP contribution in [0.2, 0.25) is 0 Å². The molecule has 0 aliphatic carbocycles. The van der Waals surface area contributed by atoms with Gasteiger partial charge in [0.15, 0.2) is 0 Å². The number of rotatable bonds is 5. The molecule has 23 heavy (non-hydrogen) atoms. The van der Waals surface area contributed by atoms with E-state index in [0.29, 0.717) is 17.8 Å². The molecule has 1 aliphatic heterocycles. The Morgan fingerprint density at radius 2 is 2.09 bits per heavy atom. The van der Waals surface area contributed by atoms with E-state index >= 15 is 0 Å². The Bertz CT molecular complexity index is 576. The number of imide groups is 1. The van der Waals surface area contributed by atoms with Gasteiger partial charge in [-0.3, -0.25) is 29.6 Å². The summed E-state index contributed by atoms with van der Waals surface area (Å²) in [5.74, 6) is -0.701. The fourth-order valence-electron chi connectivity index (χ4n) is 2.56.